The number of benzene rings is 2. The van der Waals surface area contributed by atoms with E-state index in [1.54, 1.807) is 24.3 Å². The fourth-order valence-electron chi connectivity index (χ4n) is 3.19. The van der Waals surface area contributed by atoms with Gasteiger partial charge in [-0.2, -0.15) is 0 Å². The topological polar surface area (TPSA) is 73.8 Å². The number of aliphatic imine (C=N–C) groups is 1. The first kappa shape index (κ1) is 16.6. The molecule has 4 rings (SSSR count). The molecule has 2 aliphatic heterocycles. The Morgan fingerprint density at radius 2 is 2.00 bits per heavy atom. The number of carbonyl (C=O) groups is 2. The minimum atomic E-state index is -0.718. The summed E-state index contributed by atoms with van der Waals surface area (Å²) < 4.78 is 0. The van der Waals surface area contributed by atoms with Crippen molar-refractivity contribution in [2.45, 2.75) is 18.9 Å². The number of hydrogen-bond donors (Lipinski definition) is 2. The van der Waals surface area contributed by atoms with Crippen molar-refractivity contribution in [2.24, 2.45) is 4.99 Å². The fourth-order valence-corrected chi connectivity index (χ4v) is 3.31. The molecule has 6 nitrogen and oxygen atoms in total. The lowest BCUT2D eigenvalue weighted by Crippen LogP contribution is -2.40. The molecule has 1 atom stereocenters. The Balaban J connectivity index is 1.44. The monoisotopic (exact) mass is 368 g/mol. The third-order valence-corrected chi connectivity index (χ3v) is 4.72. The highest BCUT2D eigenvalue weighted by atomic mass is 35.5. The van der Waals surface area contributed by atoms with Crippen LogP contribution in [0.15, 0.2) is 53.5 Å². The summed E-state index contributed by atoms with van der Waals surface area (Å²) in [5, 5.41) is 6.15. The standard InChI is InChI=1S/C19H17ClN4O2/c20-13-5-7-14(8-6-13)21-17(25)11-15-18(26)23-19(22-15)24-10-9-12-3-1-2-4-16(12)24/h1-8,15H,9-11H2,(H,21,25)(H,22,23,26)/t15-/m0/s1. The molecular formula is C19H17ClN4O2. The van der Waals surface area contributed by atoms with Crippen LogP contribution in [0.4, 0.5) is 11.4 Å². The van der Waals surface area contributed by atoms with E-state index in [2.05, 4.69) is 21.7 Å². The van der Waals surface area contributed by atoms with E-state index in [9.17, 15) is 9.59 Å². The largest absolute Gasteiger partial charge is 0.326 e. The van der Waals surface area contributed by atoms with Crippen LogP contribution >= 0.6 is 11.6 Å². The number of amides is 2. The van der Waals surface area contributed by atoms with Crippen molar-refractivity contribution in [2.75, 3.05) is 16.8 Å². The molecule has 0 aromatic heterocycles. The minimum Gasteiger partial charge on any atom is -0.326 e. The first-order valence-electron chi connectivity index (χ1n) is 8.40. The van der Waals surface area contributed by atoms with Gasteiger partial charge >= 0.3 is 0 Å². The number of carbonyl (C=O) groups excluding carboxylic acids is 2. The van der Waals surface area contributed by atoms with E-state index >= 15 is 0 Å². The Labute approximate surface area is 155 Å². The first-order valence-corrected chi connectivity index (χ1v) is 8.77. The van der Waals surface area contributed by atoms with Gasteiger partial charge in [-0.15, -0.1) is 0 Å². The maximum absolute atomic E-state index is 12.2. The van der Waals surface area contributed by atoms with Crippen LogP contribution in [-0.4, -0.2) is 30.4 Å². The van der Waals surface area contributed by atoms with Gasteiger partial charge in [0.1, 0.15) is 6.04 Å². The molecule has 2 N–H and O–H groups in total. The molecular weight excluding hydrogens is 352 g/mol. The molecule has 2 aliphatic rings. The molecule has 2 aromatic rings. The molecule has 0 bridgehead atoms. The van der Waals surface area contributed by atoms with Crippen molar-refractivity contribution in [3.8, 4) is 0 Å². The van der Waals surface area contributed by atoms with Gasteiger partial charge in [-0.1, -0.05) is 29.8 Å². The zero-order valence-corrected chi connectivity index (χ0v) is 14.7. The van der Waals surface area contributed by atoms with Crippen molar-refractivity contribution in [3.05, 3.63) is 59.1 Å². The number of fused-ring (bicyclic) bond motifs is 1. The SMILES string of the molecule is O=C(C[C@@H]1N=C(N2CCc3ccccc32)NC1=O)Nc1ccc(Cl)cc1. The van der Waals surface area contributed by atoms with Gasteiger partial charge in [-0.25, -0.2) is 4.99 Å². The van der Waals surface area contributed by atoms with Gasteiger partial charge in [-0.05, 0) is 42.3 Å². The van der Waals surface area contributed by atoms with Gasteiger partial charge in [0.25, 0.3) is 5.91 Å². The van der Waals surface area contributed by atoms with Gasteiger partial charge in [0.15, 0.2) is 0 Å². The smallest absolute Gasteiger partial charge is 0.252 e. The molecule has 7 heteroatoms. The second-order valence-corrected chi connectivity index (χ2v) is 6.68. The average molecular weight is 369 g/mol. The summed E-state index contributed by atoms with van der Waals surface area (Å²) in [6.07, 6.45) is 0.903. The first-order chi connectivity index (χ1) is 12.6. The second kappa shape index (κ2) is 6.80. The Morgan fingerprint density at radius 3 is 2.81 bits per heavy atom. The lowest BCUT2D eigenvalue weighted by atomic mass is 10.2. The molecule has 2 aromatic carbocycles. The van der Waals surface area contributed by atoms with Crippen LogP contribution in [0.2, 0.25) is 5.02 Å². The molecule has 2 heterocycles. The lowest BCUT2D eigenvalue weighted by Gasteiger charge is -2.18. The molecule has 132 valence electrons. The van der Waals surface area contributed by atoms with Crippen LogP contribution in [0.25, 0.3) is 0 Å². The van der Waals surface area contributed by atoms with E-state index in [0.717, 1.165) is 18.7 Å². The maximum atomic E-state index is 12.2. The lowest BCUT2D eigenvalue weighted by molar-refractivity contribution is -0.123. The predicted molar refractivity (Wildman–Crippen MR) is 102 cm³/mol. The molecule has 0 saturated heterocycles. The highest BCUT2D eigenvalue weighted by molar-refractivity contribution is 6.30. The molecule has 2 amide bonds. The third kappa shape index (κ3) is 3.28. The number of rotatable bonds is 3. The van der Waals surface area contributed by atoms with Crippen LogP contribution in [-0.2, 0) is 16.0 Å². The van der Waals surface area contributed by atoms with Gasteiger partial charge < -0.3 is 10.2 Å². The van der Waals surface area contributed by atoms with Crippen LogP contribution in [0.1, 0.15) is 12.0 Å². The van der Waals surface area contributed by atoms with Crippen molar-refractivity contribution in [3.63, 3.8) is 0 Å². The number of para-hydroxylation sites is 1. The van der Waals surface area contributed by atoms with E-state index in [1.165, 1.54) is 5.56 Å². The summed E-state index contributed by atoms with van der Waals surface area (Å²) in [4.78, 5) is 30.9. The second-order valence-electron chi connectivity index (χ2n) is 6.25. The summed E-state index contributed by atoms with van der Waals surface area (Å²) in [5.41, 5.74) is 2.92. The summed E-state index contributed by atoms with van der Waals surface area (Å²) in [6, 6.07) is 14.1. The van der Waals surface area contributed by atoms with E-state index in [-0.39, 0.29) is 18.2 Å². The predicted octanol–water partition coefficient (Wildman–Crippen LogP) is 2.59. The average Bonchev–Trinajstić information content (AvgIpc) is 3.21. The highest BCUT2D eigenvalue weighted by Crippen LogP contribution is 2.28. The number of nitrogens with one attached hydrogen (secondary N) is 2. The maximum Gasteiger partial charge on any atom is 0.252 e. The van der Waals surface area contributed by atoms with Crippen LogP contribution in [0.3, 0.4) is 0 Å². The molecule has 0 unspecified atom stereocenters. The van der Waals surface area contributed by atoms with E-state index in [1.807, 2.05) is 23.1 Å². The van der Waals surface area contributed by atoms with Crippen molar-refractivity contribution >= 4 is 40.7 Å². The van der Waals surface area contributed by atoms with Crippen molar-refractivity contribution in [1.29, 1.82) is 0 Å². The zero-order chi connectivity index (χ0) is 18.1. The Bertz CT molecular complexity index is 895. The van der Waals surface area contributed by atoms with E-state index in [0.29, 0.717) is 16.7 Å². The molecule has 0 saturated carbocycles. The Morgan fingerprint density at radius 1 is 1.23 bits per heavy atom. The van der Waals surface area contributed by atoms with Crippen LogP contribution in [0.5, 0.6) is 0 Å². The highest BCUT2D eigenvalue weighted by Gasteiger charge is 2.33. The van der Waals surface area contributed by atoms with E-state index in [4.69, 9.17) is 11.6 Å². The summed E-state index contributed by atoms with van der Waals surface area (Å²) in [7, 11) is 0. The summed E-state index contributed by atoms with van der Waals surface area (Å²) in [5.74, 6) is -0.000764. The van der Waals surface area contributed by atoms with Gasteiger partial charge in [0.2, 0.25) is 11.9 Å². The molecule has 0 aliphatic carbocycles. The Kier molecular flexibility index (Phi) is 4.34. The number of nitrogens with zero attached hydrogens (tertiary/aromatic N) is 2. The van der Waals surface area contributed by atoms with Crippen molar-refractivity contribution < 1.29 is 9.59 Å². The van der Waals surface area contributed by atoms with Gasteiger partial charge in [-0.3, -0.25) is 14.9 Å². The number of halogens is 1. The number of hydrogen-bond acceptors (Lipinski definition) is 4. The zero-order valence-electron chi connectivity index (χ0n) is 13.9. The van der Waals surface area contributed by atoms with Crippen LogP contribution in [0, 0.1) is 0 Å². The summed E-state index contributed by atoms with van der Waals surface area (Å²) in [6.45, 7) is 0.766. The quantitative estimate of drug-likeness (QED) is 0.874. The summed E-state index contributed by atoms with van der Waals surface area (Å²) >= 11 is 5.83. The minimum absolute atomic E-state index is 0.00650. The van der Waals surface area contributed by atoms with E-state index < -0.39 is 6.04 Å². The Hall–Kier alpha value is -2.86. The molecule has 0 fully saturated rings. The fraction of sp³-hybridized carbons (Fsp3) is 0.211. The molecule has 0 spiro atoms. The van der Waals surface area contributed by atoms with Gasteiger partial charge in [0, 0.05) is 22.9 Å². The van der Waals surface area contributed by atoms with Gasteiger partial charge in [0.05, 0.1) is 6.42 Å². The normalized spacial score (nSPS) is 18.3. The number of anilines is 2. The molecule has 0 radical (unpaired) electrons. The van der Waals surface area contributed by atoms with Crippen LogP contribution < -0.4 is 15.5 Å². The third-order valence-electron chi connectivity index (χ3n) is 4.47. The number of guanidine groups is 1. The molecule has 26 heavy (non-hydrogen) atoms. The van der Waals surface area contributed by atoms with Crippen molar-refractivity contribution in [1.82, 2.24) is 5.32 Å².